The van der Waals surface area contributed by atoms with Crippen molar-refractivity contribution in [3.8, 4) is 11.8 Å². The fourth-order valence-corrected chi connectivity index (χ4v) is 2.33. The summed E-state index contributed by atoms with van der Waals surface area (Å²) in [5.41, 5.74) is 1.11. The molecule has 1 aliphatic rings. The largest absolute Gasteiger partial charge is 0.496 e. The summed E-state index contributed by atoms with van der Waals surface area (Å²) in [4.78, 5) is 25.4. The molecule has 1 heterocycles. The first kappa shape index (κ1) is 15.0. The van der Waals surface area contributed by atoms with E-state index < -0.39 is 0 Å². The average Bonchev–Trinajstić information content (AvgIpc) is 2.51. The van der Waals surface area contributed by atoms with E-state index in [0.717, 1.165) is 0 Å². The molecule has 1 N–H and O–H groups in total. The summed E-state index contributed by atoms with van der Waals surface area (Å²) in [6.07, 6.45) is 0.623. The number of ether oxygens (including phenoxy) is 1. The number of benzene rings is 1. The molecule has 2 rings (SSSR count). The third-order valence-electron chi connectivity index (χ3n) is 3.51. The molecule has 6 heteroatoms. The normalized spacial score (nSPS) is 18.5. The van der Waals surface area contributed by atoms with Crippen molar-refractivity contribution in [1.82, 2.24) is 10.2 Å². The summed E-state index contributed by atoms with van der Waals surface area (Å²) < 4.78 is 5.24. The van der Waals surface area contributed by atoms with E-state index in [9.17, 15) is 9.59 Å². The molecule has 1 saturated heterocycles. The molecule has 0 saturated carbocycles. The number of nitriles is 1. The van der Waals surface area contributed by atoms with Gasteiger partial charge in [0.05, 0.1) is 37.9 Å². The van der Waals surface area contributed by atoms with Gasteiger partial charge in [0.15, 0.2) is 0 Å². The number of carbonyl (C=O) groups is 2. The number of carbonyl (C=O) groups excluding carboxylic acids is 2. The summed E-state index contributed by atoms with van der Waals surface area (Å²) in [5.74, 6) is 0.0495. The molecule has 1 aromatic carbocycles. The molecule has 1 unspecified atom stereocenters. The average molecular weight is 287 g/mol. The molecule has 0 bridgehead atoms. The van der Waals surface area contributed by atoms with E-state index in [1.807, 2.05) is 13.0 Å². The van der Waals surface area contributed by atoms with E-state index in [0.29, 0.717) is 23.3 Å². The van der Waals surface area contributed by atoms with E-state index in [4.69, 9.17) is 10.00 Å². The fourth-order valence-electron chi connectivity index (χ4n) is 2.33. The summed E-state index contributed by atoms with van der Waals surface area (Å²) >= 11 is 0. The molecule has 0 aliphatic carbocycles. The molecular formula is C15H17N3O3. The Bertz CT molecular complexity index is 607. The lowest BCUT2D eigenvalue weighted by atomic mass is 10.1. The number of imide groups is 1. The predicted octanol–water partition coefficient (Wildman–Crippen LogP) is 0.804. The van der Waals surface area contributed by atoms with Crippen molar-refractivity contribution in [2.75, 3.05) is 13.7 Å². The van der Waals surface area contributed by atoms with Crippen LogP contribution in [0.25, 0.3) is 0 Å². The quantitative estimate of drug-likeness (QED) is 0.828. The standard InChI is InChI=1S/C15H17N3O3/c1-3-12-15(20)18(14(19)8-17-12)9-11-6-10(7-16)4-5-13(11)21-2/h4-6,12,17H,3,8-9H2,1-2H3. The summed E-state index contributed by atoms with van der Waals surface area (Å²) in [5, 5.41) is 11.9. The Balaban J connectivity index is 2.29. The van der Waals surface area contributed by atoms with Crippen LogP contribution in [0.1, 0.15) is 24.5 Å². The van der Waals surface area contributed by atoms with Crippen LogP contribution in [0, 0.1) is 11.3 Å². The molecule has 1 aliphatic heterocycles. The second-order valence-electron chi connectivity index (χ2n) is 4.80. The van der Waals surface area contributed by atoms with Gasteiger partial charge >= 0.3 is 0 Å². The maximum Gasteiger partial charge on any atom is 0.246 e. The molecule has 0 spiro atoms. The summed E-state index contributed by atoms with van der Waals surface area (Å²) in [6.45, 7) is 2.15. The first-order chi connectivity index (χ1) is 10.1. The topological polar surface area (TPSA) is 82.4 Å². The highest BCUT2D eigenvalue weighted by Gasteiger charge is 2.33. The predicted molar refractivity (Wildman–Crippen MR) is 75.3 cm³/mol. The lowest BCUT2D eigenvalue weighted by Gasteiger charge is -2.31. The molecule has 1 fully saturated rings. The molecule has 1 aromatic rings. The number of hydrogen-bond donors (Lipinski definition) is 1. The molecule has 1 atom stereocenters. The maximum absolute atomic E-state index is 12.3. The van der Waals surface area contributed by atoms with Crippen LogP contribution in [-0.2, 0) is 16.1 Å². The van der Waals surface area contributed by atoms with Crippen molar-refractivity contribution in [2.45, 2.75) is 25.9 Å². The third kappa shape index (κ3) is 3.03. The van der Waals surface area contributed by atoms with Gasteiger partial charge in [-0.05, 0) is 24.6 Å². The zero-order chi connectivity index (χ0) is 15.4. The molecule has 6 nitrogen and oxygen atoms in total. The SMILES string of the molecule is CCC1NCC(=O)N(Cc2cc(C#N)ccc2OC)C1=O. The van der Waals surface area contributed by atoms with Crippen LogP contribution in [0.5, 0.6) is 5.75 Å². The number of methoxy groups -OCH3 is 1. The van der Waals surface area contributed by atoms with Gasteiger partial charge in [0.25, 0.3) is 0 Å². The number of nitrogens with one attached hydrogen (secondary N) is 1. The molecule has 21 heavy (non-hydrogen) atoms. The van der Waals surface area contributed by atoms with Gasteiger partial charge in [-0.1, -0.05) is 6.92 Å². The Hall–Kier alpha value is -2.39. The second kappa shape index (κ2) is 6.37. The minimum Gasteiger partial charge on any atom is -0.496 e. The molecule has 110 valence electrons. The van der Waals surface area contributed by atoms with Gasteiger partial charge in [0.1, 0.15) is 5.75 Å². The Morgan fingerprint density at radius 3 is 2.86 bits per heavy atom. The van der Waals surface area contributed by atoms with Crippen molar-refractivity contribution < 1.29 is 14.3 Å². The summed E-state index contributed by atoms with van der Waals surface area (Å²) in [6, 6.07) is 6.65. The molecular weight excluding hydrogens is 270 g/mol. The number of hydrogen-bond acceptors (Lipinski definition) is 5. The fraction of sp³-hybridized carbons (Fsp3) is 0.400. The monoisotopic (exact) mass is 287 g/mol. The van der Waals surface area contributed by atoms with E-state index in [2.05, 4.69) is 5.32 Å². The van der Waals surface area contributed by atoms with Crippen molar-refractivity contribution in [1.29, 1.82) is 5.26 Å². The van der Waals surface area contributed by atoms with Gasteiger partial charge in [-0.2, -0.15) is 5.26 Å². The van der Waals surface area contributed by atoms with Gasteiger partial charge in [0, 0.05) is 5.56 Å². The minimum absolute atomic E-state index is 0.120. The van der Waals surface area contributed by atoms with Crippen LogP contribution in [0.2, 0.25) is 0 Å². The third-order valence-corrected chi connectivity index (χ3v) is 3.51. The smallest absolute Gasteiger partial charge is 0.246 e. The molecule has 0 aromatic heterocycles. The van der Waals surface area contributed by atoms with Gasteiger partial charge in [-0.25, -0.2) is 0 Å². The van der Waals surface area contributed by atoms with Crippen LogP contribution in [-0.4, -0.2) is 36.4 Å². The van der Waals surface area contributed by atoms with Gasteiger partial charge in [-0.3, -0.25) is 19.8 Å². The van der Waals surface area contributed by atoms with E-state index in [-0.39, 0.29) is 30.9 Å². The molecule has 0 radical (unpaired) electrons. The van der Waals surface area contributed by atoms with Crippen molar-refractivity contribution in [3.05, 3.63) is 29.3 Å². The Labute approximate surface area is 123 Å². The minimum atomic E-state index is -0.340. The zero-order valence-corrected chi connectivity index (χ0v) is 12.0. The second-order valence-corrected chi connectivity index (χ2v) is 4.80. The lowest BCUT2D eigenvalue weighted by Crippen LogP contribution is -2.57. The first-order valence-corrected chi connectivity index (χ1v) is 6.75. The van der Waals surface area contributed by atoms with Gasteiger partial charge in [0.2, 0.25) is 11.8 Å². The van der Waals surface area contributed by atoms with Crippen LogP contribution < -0.4 is 10.1 Å². The van der Waals surface area contributed by atoms with Crippen LogP contribution in [0.4, 0.5) is 0 Å². The van der Waals surface area contributed by atoms with E-state index in [1.54, 1.807) is 18.2 Å². The van der Waals surface area contributed by atoms with E-state index in [1.165, 1.54) is 12.0 Å². The van der Waals surface area contributed by atoms with Crippen LogP contribution >= 0.6 is 0 Å². The van der Waals surface area contributed by atoms with Crippen LogP contribution in [0.3, 0.4) is 0 Å². The van der Waals surface area contributed by atoms with Crippen molar-refractivity contribution in [2.24, 2.45) is 0 Å². The number of piperazine rings is 1. The highest BCUT2D eigenvalue weighted by Crippen LogP contribution is 2.22. The maximum atomic E-state index is 12.3. The zero-order valence-electron chi connectivity index (χ0n) is 12.0. The van der Waals surface area contributed by atoms with E-state index >= 15 is 0 Å². The van der Waals surface area contributed by atoms with Crippen molar-refractivity contribution in [3.63, 3.8) is 0 Å². The summed E-state index contributed by atoms with van der Waals surface area (Å²) in [7, 11) is 1.52. The number of amides is 2. The Morgan fingerprint density at radius 1 is 1.48 bits per heavy atom. The first-order valence-electron chi connectivity index (χ1n) is 6.75. The lowest BCUT2D eigenvalue weighted by molar-refractivity contribution is -0.150. The highest BCUT2D eigenvalue weighted by molar-refractivity contribution is 6.01. The van der Waals surface area contributed by atoms with Crippen LogP contribution in [0.15, 0.2) is 18.2 Å². The molecule has 2 amide bonds. The Kier molecular flexibility index (Phi) is 4.55. The van der Waals surface area contributed by atoms with Gasteiger partial charge in [-0.15, -0.1) is 0 Å². The number of nitrogens with zero attached hydrogens (tertiary/aromatic N) is 2. The number of rotatable bonds is 4. The van der Waals surface area contributed by atoms with Crippen molar-refractivity contribution >= 4 is 11.8 Å². The van der Waals surface area contributed by atoms with Gasteiger partial charge < -0.3 is 4.74 Å². The Morgan fingerprint density at radius 2 is 2.24 bits per heavy atom. The highest BCUT2D eigenvalue weighted by atomic mass is 16.5.